The normalized spacial score (nSPS) is 14.8. The molecule has 0 unspecified atom stereocenters. The molecule has 0 saturated heterocycles. The molecule has 8 heteroatoms. The molecule has 7 rings (SSSR count). The number of hydrogen-bond acceptors (Lipinski definition) is 5. The molecule has 0 fully saturated rings. The van der Waals surface area contributed by atoms with Gasteiger partial charge in [-0.3, -0.25) is 9.36 Å². The Morgan fingerprint density at radius 3 is 2.40 bits per heavy atom. The maximum Gasteiger partial charge on any atom is 0.338 e. The van der Waals surface area contributed by atoms with E-state index >= 15 is 0 Å². The zero-order chi connectivity index (χ0) is 33.4. The summed E-state index contributed by atoms with van der Waals surface area (Å²) < 4.78 is 24.3. The van der Waals surface area contributed by atoms with Gasteiger partial charge in [0.05, 0.1) is 35.0 Å². The van der Waals surface area contributed by atoms with E-state index in [4.69, 9.17) is 9.73 Å². The monoisotopic (exact) mass is 655 g/mol. The summed E-state index contributed by atoms with van der Waals surface area (Å²) >= 11 is 1.29. The molecular formula is C40H34FN3O3S. The van der Waals surface area contributed by atoms with Gasteiger partial charge < -0.3 is 9.30 Å². The van der Waals surface area contributed by atoms with Gasteiger partial charge in [-0.2, -0.15) is 0 Å². The second-order valence-corrected chi connectivity index (χ2v) is 13.1. The fourth-order valence-electron chi connectivity index (χ4n) is 6.29. The SMILES string of the molecule is CCOC(=O)C1=C(c2ccccc2)N=c2sc(=Cc3cn(Cc4ccccc4F)c4ccccc34)c(=O)n2[C@@H]1c1ccc(C(C)C)cc1. The van der Waals surface area contributed by atoms with Crippen molar-refractivity contribution in [3.8, 4) is 0 Å². The molecular weight excluding hydrogens is 622 g/mol. The Morgan fingerprint density at radius 1 is 0.958 bits per heavy atom. The van der Waals surface area contributed by atoms with Crippen LogP contribution in [-0.4, -0.2) is 21.7 Å². The van der Waals surface area contributed by atoms with Crippen molar-refractivity contribution in [2.45, 2.75) is 39.3 Å². The molecule has 2 aromatic heterocycles. The van der Waals surface area contributed by atoms with E-state index in [0.717, 1.165) is 33.2 Å². The number of para-hydroxylation sites is 1. The van der Waals surface area contributed by atoms with Gasteiger partial charge >= 0.3 is 5.97 Å². The predicted octanol–water partition coefficient (Wildman–Crippen LogP) is 7.20. The fraction of sp³-hybridized carbons (Fsp3) is 0.175. The van der Waals surface area contributed by atoms with Gasteiger partial charge in [0.15, 0.2) is 4.80 Å². The fourth-order valence-corrected chi connectivity index (χ4v) is 7.28. The van der Waals surface area contributed by atoms with Crippen molar-refractivity contribution in [2.75, 3.05) is 6.61 Å². The quantitative estimate of drug-likeness (QED) is 0.163. The number of fused-ring (bicyclic) bond motifs is 2. The van der Waals surface area contributed by atoms with Gasteiger partial charge in [0.2, 0.25) is 0 Å². The Morgan fingerprint density at radius 2 is 1.67 bits per heavy atom. The zero-order valence-corrected chi connectivity index (χ0v) is 27.7. The molecule has 0 N–H and O–H groups in total. The summed E-state index contributed by atoms with van der Waals surface area (Å²) in [6, 6.07) is 31.5. The summed E-state index contributed by atoms with van der Waals surface area (Å²) in [5, 5.41) is 0.942. The number of hydrogen-bond donors (Lipinski definition) is 0. The van der Waals surface area contributed by atoms with Crippen molar-refractivity contribution in [1.29, 1.82) is 0 Å². The van der Waals surface area contributed by atoms with Gasteiger partial charge in [-0.15, -0.1) is 0 Å². The summed E-state index contributed by atoms with van der Waals surface area (Å²) in [5.41, 5.74) is 5.60. The van der Waals surface area contributed by atoms with Crippen LogP contribution in [0.15, 0.2) is 125 Å². The smallest absolute Gasteiger partial charge is 0.338 e. The molecule has 0 radical (unpaired) electrons. The Labute approximate surface area is 281 Å². The second-order valence-electron chi connectivity index (χ2n) is 12.1. The maximum atomic E-state index is 14.6. The summed E-state index contributed by atoms with van der Waals surface area (Å²) in [6.45, 7) is 6.56. The molecule has 0 saturated carbocycles. The van der Waals surface area contributed by atoms with Crippen LogP contribution in [0.1, 0.15) is 60.5 Å². The molecule has 6 nitrogen and oxygen atoms in total. The van der Waals surface area contributed by atoms with Gasteiger partial charge in [-0.05, 0) is 42.2 Å². The first-order chi connectivity index (χ1) is 23.3. The number of thiazole rings is 1. The summed E-state index contributed by atoms with van der Waals surface area (Å²) in [7, 11) is 0. The number of aromatic nitrogens is 2. The van der Waals surface area contributed by atoms with E-state index in [2.05, 4.69) is 13.8 Å². The number of nitrogens with zero attached hydrogens (tertiary/aromatic N) is 3. The van der Waals surface area contributed by atoms with Crippen molar-refractivity contribution in [1.82, 2.24) is 9.13 Å². The lowest BCUT2D eigenvalue weighted by Gasteiger charge is -2.26. The van der Waals surface area contributed by atoms with E-state index in [-0.39, 0.29) is 18.0 Å². The summed E-state index contributed by atoms with van der Waals surface area (Å²) in [6.07, 6.45) is 3.83. The highest BCUT2D eigenvalue weighted by molar-refractivity contribution is 7.07. The van der Waals surface area contributed by atoms with Gasteiger partial charge in [-0.25, -0.2) is 14.2 Å². The van der Waals surface area contributed by atoms with Crippen LogP contribution >= 0.6 is 11.3 Å². The van der Waals surface area contributed by atoms with Gasteiger partial charge in [0.1, 0.15) is 5.82 Å². The van der Waals surface area contributed by atoms with E-state index in [0.29, 0.717) is 38.6 Å². The molecule has 1 atom stereocenters. The van der Waals surface area contributed by atoms with E-state index < -0.39 is 12.0 Å². The van der Waals surface area contributed by atoms with Crippen molar-refractivity contribution >= 4 is 40.0 Å². The molecule has 240 valence electrons. The lowest BCUT2D eigenvalue weighted by molar-refractivity contribution is -0.138. The average Bonchev–Trinajstić information content (AvgIpc) is 3.61. The largest absolute Gasteiger partial charge is 0.463 e. The minimum absolute atomic E-state index is 0.185. The molecule has 0 aliphatic carbocycles. The van der Waals surface area contributed by atoms with E-state index in [1.807, 2.05) is 102 Å². The second kappa shape index (κ2) is 13.0. The Hall–Kier alpha value is -5.34. The number of esters is 1. The van der Waals surface area contributed by atoms with E-state index in [9.17, 15) is 14.0 Å². The Kier molecular flexibility index (Phi) is 8.50. The summed E-state index contributed by atoms with van der Waals surface area (Å²) in [5.74, 6) is -0.455. The standard InChI is InChI=1S/C40H34FN3O3S/c1-4-47-39(46)35-36(27-12-6-5-7-13-27)42-40-44(37(35)28-20-18-26(19-21-28)25(2)3)38(45)34(48-40)22-30-24-43(33-17-11-9-15-31(30)33)23-29-14-8-10-16-32(29)41/h5-22,24-25,37H,4,23H2,1-3H3/t37-/m1/s1. The molecule has 48 heavy (non-hydrogen) atoms. The Balaban J connectivity index is 1.45. The van der Waals surface area contributed by atoms with Crippen LogP contribution in [0.2, 0.25) is 0 Å². The Bertz CT molecular complexity index is 2370. The third-order valence-electron chi connectivity index (χ3n) is 8.70. The third kappa shape index (κ3) is 5.73. The van der Waals surface area contributed by atoms with Crippen LogP contribution in [0.4, 0.5) is 4.39 Å². The first-order valence-corrected chi connectivity index (χ1v) is 16.8. The minimum atomic E-state index is -0.749. The van der Waals surface area contributed by atoms with E-state index in [1.165, 1.54) is 17.4 Å². The number of halogens is 1. The predicted molar refractivity (Wildman–Crippen MR) is 189 cm³/mol. The molecule has 1 aliphatic heterocycles. The molecule has 3 heterocycles. The van der Waals surface area contributed by atoms with Crippen molar-refractivity contribution < 1.29 is 13.9 Å². The lowest BCUT2D eigenvalue weighted by atomic mass is 9.91. The first kappa shape index (κ1) is 31.3. The topological polar surface area (TPSA) is 65.6 Å². The number of carbonyl (C=O) groups excluding carboxylic acids is 1. The molecule has 6 aromatic rings. The molecule has 1 aliphatic rings. The zero-order valence-electron chi connectivity index (χ0n) is 26.9. The van der Waals surface area contributed by atoms with E-state index in [1.54, 1.807) is 23.6 Å². The van der Waals surface area contributed by atoms with Gasteiger partial charge in [0, 0.05) is 33.8 Å². The van der Waals surface area contributed by atoms with Crippen molar-refractivity contribution in [3.63, 3.8) is 0 Å². The van der Waals surface area contributed by atoms with Crippen LogP contribution < -0.4 is 14.9 Å². The molecule has 0 spiro atoms. The average molecular weight is 656 g/mol. The highest BCUT2D eigenvalue weighted by atomic mass is 32.1. The summed E-state index contributed by atoms with van der Waals surface area (Å²) in [4.78, 5) is 33.7. The van der Waals surface area contributed by atoms with Crippen LogP contribution in [0.25, 0.3) is 22.7 Å². The number of carbonyl (C=O) groups is 1. The number of ether oxygens (including phenoxy) is 1. The highest BCUT2D eigenvalue weighted by Crippen LogP contribution is 2.35. The first-order valence-electron chi connectivity index (χ1n) is 16.0. The molecule has 0 bridgehead atoms. The lowest BCUT2D eigenvalue weighted by Crippen LogP contribution is -2.40. The van der Waals surface area contributed by atoms with Crippen LogP contribution in [0, 0.1) is 5.82 Å². The third-order valence-corrected chi connectivity index (χ3v) is 9.68. The molecule has 0 amide bonds. The number of rotatable bonds is 8. The minimum Gasteiger partial charge on any atom is -0.463 e. The van der Waals surface area contributed by atoms with Crippen molar-refractivity contribution in [2.24, 2.45) is 4.99 Å². The maximum absolute atomic E-state index is 14.6. The molecule has 4 aromatic carbocycles. The number of benzene rings is 4. The van der Waals surface area contributed by atoms with Crippen LogP contribution in [0.5, 0.6) is 0 Å². The highest BCUT2D eigenvalue weighted by Gasteiger charge is 2.35. The van der Waals surface area contributed by atoms with Gasteiger partial charge in [0.25, 0.3) is 5.56 Å². The van der Waals surface area contributed by atoms with Crippen LogP contribution in [-0.2, 0) is 16.1 Å². The van der Waals surface area contributed by atoms with Crippen molar-refractivity contribution in [3.05, 3.63) is 168 Å². The van der Waals surface area contributed by atoms with Crippen LogP contribution in [0.3, 0.4) is 0 Å². The van der Waals surface area contributed by atoms with Gasteiger partial charge in [-0.1, -0.05) is 116 Å².